The van der Waals surface area contributed by atoms with Crippen molar-refractivity contribution >= 4 is 163 Å². The molecule has 0 N–H and O–H groups in total. The van der Waals surface area contributed by atoms with E-state index in [1.165, 1.54) is 40.3 Å². The quantitative estimate of drug-likeness (QED) is 0.166. The molecule has 314 valence electrons. The van der Waals surface area contributed by atoms with Gasteiger partial charge in [-0.2, -0.15) is 0 Å². The first-order chi connectivity index (χ1) is 33.1. The molecule has 0 radical (unpaired) electrons. The summed E-state index contributed by atoms with van der Waals surface area (Å²) in [4.78, 5) is 4.62. The van der Waals surface area contributed by atoms with Gasteiger partial charge in [0.25, 0.3) is 0 Å². The van der Waals surface area contributed by atoms with Crippen molar-refractivity contribution in [3.05, 3.63) is 206 Å². The maximum Gasteiger partial charge on any atom is 0.139 e. The molecule has 0 saturated heterocycles. The summed E-state index contributed by atoms with van der Waals surface area (Å²) in [5.74, 6) is 0. The molecule has 7 heteroatoms. The number of thiophene rings is 2. The topological polar surface area (TPSA) is 45.9 Å². The number of para-hydroxylation sites is 2. The van der Waals surface area contributed by atoms with Gasteiger partial charge in [-0.05, 0) is 109 Å². The lowest BCUT2D eigenvalue weighted by atomic mass is 10.0. The third-order valence-electron chi connectivity index (χ3n) is 13.4. The maximum atomic E-state index is 6.68. The van der Waals surface area contributed by atoms with Crippen LogP contribution in [0.5, 0.6) is 0 Å². The van der Waals surface area contributed by atoms with Crippen molar-refractivity contribution < 1.29 is 13.3 Å². The zero-order valence-electron chi connectivity index (χ0n) is 35.6. The summed E-state index contributed by atoms with van der Waals surface area (Å²) in [5.41, 5.74) is 11.1. The normalized spacial score (nSPS) is 12.2. The third kappa shape index (κ3) is 5.65. The second-order valence-electron chi connectivity index (χ2n) is 17.3. The summed E-state index contributed by atoms with van der Waals surface area (Å²) in [6.45, 7) is 0. The first kappa shape index (κ1) is 36.9. The van der Waals surface area contributed by atoms with E-state index < -0.39 is 0 Å². The standard InChI is InChI=1S/C60H34N2O3S2/c1-3-11-35(12-4-1)61(37-21-25-59-49(27-37)43-15-7-9-17-57(43)66-59)39-19-23-41-45-31-47-48-32-46-42-24-20-40(30-52(42)64-54(46)34-56(48)65-55(47)33-53(45)63-51(41)29-39)62(36-13-5-2-6-14-36)38-22-26-60-50(28-38)44-16-8-10-18-58(44)67-60/h1-34H. The first-order valence-electron chi connectivity index (χ1n) is 22.4. The van der Waals surface area contributed by atoms with Gasteiger partial charge in [-0.1, -0.05) is 72.8 Å². The Morgan fingerprint density at radius 2 is 0.567 bits per heavy atom. The van der Waals surface area contributed by atoms with Crippen molar-refractivity contribution in [2.75, 3.05) is 9.80 Å². The number of hydrogen-bond donors (Lipinski definition) is 0. The predicted molar refractivity (Wildman–Crippen MR) is 283 cm³/mol. The summed E-state index contributed by atoms with van der Waals surface area (Å²) in [6.07, 6.45) is 0. The zero-order chi connectivity index (χ0) is 43.7. The van der Waals surface area contributed by atoms with Crippen LogP contribution in [0.25, 0.3) is 106 Å². The average molecular weight is 895 g/mol. The van der Waals surface area contributed by atoms with E-state index in [0.29, 0.717) is 0 Å². The second kappa shape index (κ2) is 14.1. The molecule has 15 rings (SSSR count). The molecule has 0 unspecified atom stereocenters. The van der Waals surface area contributed by atoms with Crippen LogP contribution in [0.4, 0.5) is 34.1 Å². The van der Waals surface area contributed by atoms with E-state index in [1.54, 1.807) is 0 Å². The number of anilines is 6. The van der Waals surface area contributed by atoms with Crippen LogP contribution >= 0.6 is 22.7 Å². The maximum absolute atomic E-state index is 6.68. The molecule has 5 aromatic heterocycles. The monoisotopic (exact) mass is 894 g/mol. The fraction of sp³-hybridized carbons (Fsp3) is 0. The fourth-order valence-corrected chi connectivity index (χ4v) is 12.5. The van der Waals surface area contributed by atoms with Crippen molar-refractivity contribution in [2.24, 2.45) is 0 Å². The number of nitrogens with zero attached hydrogens (tertiary/aromatic N) is 2. The molecule has 0 saturated carbocycles. The molecule has 0 aliphatic carbocycles. The third-order valence-corrected chi connectivity index (χ3v) is 15.7. The Balaban J connectivity index is 0.833. The Hall–Kier alpha value is -8.36. The number of hydrogen-bond acceptors (Lipinski definition) is 7. The molecule has 10 aromatic carbocycles. The molecule has 5 heterocycles. The van der Waals surface area contributed by atoms with E-state index in [2.05, 4.69) is 204 Å². The minimum absolute atomic E-state index is 0.775. The summed E-state index contributed by atoms with van der Waals surface area (Å²) in [7, 11) is 0. The molecule has 0 aliphatic heterocycles. The van der Waals surface area contributed by atoms with E-state index in [0.717, 1.165) is 99.9 Å². The van der Waals surface area contributed by atoms with Gasteiger partial charge < -0.3 is 23.1 Å². The molecule has 15 aromatic rings. The molecule has 0 bridgehead atoms. The molecule has 67 heavy (non-hydrogen) atoms. The van der Waals surface area contributed by atoms with Gasteiger partial charge in [-0.15, -0.1) is 22.7 Å². The van der Waals surface area contributed by atoms with Crippen molar-refractivity contribution in [1.82, 2.24) is 0 Å². The van der Waals surface area contributed by atoms with E-state index in [1.807, 2.05) is 34.8 Å². The molecule has 0 atom stereocenters. The van der Waals surface area contributed by atoms with Crippen LogP contribution in [-0.4, -0.2) is 0 Å². The molecular formula is C60H34N2O3S2. The Labute approximate surface area is 390 Å². The molecule has 0 fully saturated rings. The Bertz CT molecular complexity index is 4190. The van der Waals surface area contributed by atoms with Gasteiger partial charge in [0.15, 0.2) is 0 Å². The number of fused-ring (bicyclic) bond motifs is 15. The Morgan fingerprint density at radius 1 is 0.224 bits per heavy atom. The van der Waals surface area contributed by atoms with Crippen molar-refractivity contribution in [1.29, 1.82) is 0 Å². The Kier molecular flexibility index (Phi) is 7.75. The molecular weight excluding hydrogens is 861 g/mol. The molecule has 5 nitrogen and oxygen atoms in total. The lowest BCUT2D eigenvalue weighted by Crippen LogP contribution is -2.09. The lowest BCUT2D eigenvalue weighted by molar-refractivity contribution is 0.651. The first-order valence-corrected chi connectivity index (χ1v) is 24.0. The minimum atomic E-state index is 0.775. The lowest BCUT2D eigenvalue weighted by Gasteiger charge is -2.25. The summed E-state index contributed by atoms with van der Waals surface area (Å²) >= 11 is 3.67. The van der Waals surface area contributed by atoms with Crippen LogP contribution in [0, 0.1) is 0 Å². The van der Waals surface area contributed by atoms with Gasteiger partial charge in [0.05, 0.1) is 0 Å². The van der Waals surface area contributed by atoms with Gasteiger partial charge in [0.2, 0.25) is 0 Å². The SMILES string of the molecule is c1ccc(N(c2ccc3c(c2)oc2cc4oc5cc6oc7cc(N(c8ccccc8)c8ccc9sc%10ccccc%10c9c8)ccc7c6cc5c4cc23)c2ccc3sc4ccccc4c3c2)cc1. The van der Waals surface area contributed by atoms with Gasteiger partial charge in [-0.3, -0.25) is 0 Å². The van der Waals surface area contributed by atoms with E-state index in [4.69, 9.17) is 13.3 Å². The highest BCUT2D eigenvalue weighted by molar-refractivity contribution is 7.26. The predicted octanol–water partition coefficient (Wildman–Crippen LogP) is 19.1. The number of benzene rings is 10. The molecule has 0 spiro atoms. The second-order valence-corrected chi connectivity index (χ2v) is 19.4. The van der Waals surface area contributed by atoms with Crippen LogP contribution in [0.1, 0.15) is 0 Å². The van der Waals surface area contributed by atoms with Gasteiger partial charge >= 0.3 is 0 Å². The van der Waals surface area contributed by atoms with E-state index in [9.17, 15) is 0 Å². The van der Waals surface area contributed by atoms with Gasteiger partial charge in [0.1, 0.15) is 33.5 Å². The van der Waals surface area contributed by atoms with Gasteiger partial charge in [-0.25, -0.2) is 0 Å². The highest BCUT2D eigenvalue weighted by Gasteiger charge is 2.21. The van der Waals surface area contributed by atoms with Crippen molar-refractivity contribution in [3.63, 3.8) is 0 Å². The number of furan rings is 3. The summed E-state index contributed by atoms with van der Waals surface area (Å²) < 4.78 is 25.1. The van der Waals surface area contributed by atoms with Gasteiger partial charge in [0, 0.05) is 131 Å². The number of rotatable bonds is 6. The molecule has 0 amide bonds. The van der Waals surface area contributed by atoms with Crippen LogP contribution in [0.15, 0.2) is 220 Å². The van der Waals surface area contributed by atoms with E-state index >= 15 is 0 Å². The van der Waals surface area contributed by atoms with Crippen molar-refractivity contribution in [2.45, 2.75) is 0 Å². The fourth-order valence-electron chi connectivity index (χ4n) is 10.3. The van der Waals surface area contributed by atoms with Crippen molar-refractivity contribution in [3.8, 4) is 0 Å². The van der Waals surface area contributed by atoms with Crippen LogP contribution in [0.3, 0.4) is 0 Å². The smallest absolute Gasteiger partial charge is 0.139 e. The largest absolute Gasteiger partial charge is 0.456 e. The minimum Gasteiger partial charge on any atom is -0.456 e. The van der Waals surface area contributed by atoms with Crippen LogP contribution in [-0.2, 0) is 0 Å². The highest BCUT2D eigenvalue weighted by atomic mass is 32.1. The van der Waals surface area contributed by atoms with Crippen LogP contribution in [0.2, 0.25) is 0 Å². The zero-order valence-corrected chi connectivity index (χ0v) is 37.2. The summed E-state index contributed by atoms with van der Waals surface area (Å²) in [6, 6.07) is 73.6. The van der Waals surface area contributed by atoms with E-state index in [-0.39, 0.29) is 0 Å². The summed E-state index contributed by atoms with van der Waals surface area (Å²) in [5, 5.41) is 11.4. The van der Waals surface area contributed by atoms with Crippen LogP contribution < -0.4 is 9.80 Å². The average Bonchev–Trinajstić information content (AvgIpc) is 4.19. The highest BCUT2D eigenvalue weighted by Crippen LogP contribution is 2.46. The molecule has 0 aliphatic rings. The Morgan fingerprint density at radius 3 is 1.01 bits per heavy atom.